The Balaban J connectivity index is 0.000000396. The first-order valence-electron chi connectivity index (χ1n) is 13.4. The van der Waals surface area contributed by atoms with Crippen LogP contribution in [0.15, 0.2) is 125 Å². The van der Waals surface area contributed by atoms with E-state index in [9.17, 15) is 4.79 Å². The van der Waals surface area contributed by atoms with Crippen LogP contribution in [-0.2, 0) is 24.9 Å². The van der Waals surface area contributed by atoms with Gasteiger partial charge in [0.1, 0.15) is 16.8 Å². The van der Waals surface area contributed by atoms with Gasteiger partial charge < -0.3 is 14.1 Å². The summed E-state index contributed by atoms with van der Waals surface area (Å²) in [5.74, 6) is -0.0625. The van der Waals surface area contributed by atoms with Gasteiger partial charge in [-0.05, 0) is 59.5 Å². The van der Waals surface area contributed by atoms with Crippen molar-refractivity contribution in [1.82, 2.24) is 0 Å². The maximum absolute atomic E-state index is 10.0. The van der Waals surface area contributed by atoms with Crippen LogP contribution in [-0.4, -0.2) is 10.9 Å². The van der Waals surface area contributed by atoms with Gasteiger partial charge in [-0.2, -0.15) is 0 Å². The minimum atomic E-state index is -0.125. The summed E-state index contributed by atoms with van der Waals surface area (Å²) in [6.45, 7) is 2.85. The van der Waals surface area contributed by atoms with Gasteiger partial charge in [0.2, 0.25) is 0 Å². The van der Waals surface area contributed by atoms with Gasteiger partial charge in [-0.25, -0.2) is 0 Å². The monoisotopic (exact) mass is 727 g/mol. The van der Waals surface area contributed by atoms with Crippen LogP contribution in [0.4, 0.5) is 0 Å². The third kappa shape index (κ3) is 5.33. The summed E-state index contributed by atoms with van der Waals surface area (Å²) >= 11 is 0. The molecule has 5 aromatic carbocycles. The Morgan fingerprint density at radius 3 is 2.26 bits per heavy atom. The fraction of sp³-hybridized carbons (Fsp3) is 0.0541. The number of rotatable bonds is 3. The summed E-state index contributed by atoms with van der Waals surface area (Å²) in [5, 5.41) is 14.2. The van der Waals surface area contributed by atoms with Crippen LogP contribution in [0.1, 0.15) is 13.8 Å². The predicted octanol–water partition coefficient (Wildman–Crippen LogP) is 8.99. The molecule has 1 N–H and O–H groups in total. The number of aliphatic hydroxyl groups is 1. The molecule has 2 aromatic heterocycles. The van der Waals surface area contributed by atoms with E-state index in [1.54, 1.807) is 0 Å². The number of furan rings is 1. The van der Waals surface area contributed by atoms with Crippen molar-refractivity contribution in [2.75, 3.05) is 0 Å². The Morgan fingerprint density at radius 2 is 1.55 bits per heavy atom. The Labute approximate surface area is 257 Å². The Hall–Kier alpha value is -4.70. The van der Waals surface area contributed by atoms with Gasteiger partial charge in [-0.3, -0.25) is 4.79 Å². The molecule has 0 saturated carbocycles. The zero-order valence-corrected chi connectivity index (χ0v) is 25.6. The number of allylic oxidation sites excluding steroid dienone is 2. The Bertz CT molecular complexity index is 2110. The maximum atomic E-state index is 10.0. The first-order valence-corrected chi connectivity index (χ1v) is 13.4. The number of nitrogens with zero attached hydrogens (tertiary/aromatic N) is 1. The first-order chi connectivity index (χ1) is 19.9. The summed E-state index contributed by atoms with van der Waals surface area (Å²) in [5.41, 5.74) is 6.99. The molecule has 0 aliphatic heterocycles. The molecule has 0 amide bonds. The standard InChI is InChI=1S/C32H20NO.C5H8O2.Ir/c1-33-28-19-18-22-12-5-6-13-23(22)31(28)27(21-10-3-2-4-11-21)20-29(33)26-16-9-15-25-24-14-7-8-17-30(24)34-32(25)26;1-4(6)3-5(2)7;/h2-15,17-20H,1H2;3,6H,1-2H3;/q-1;;/b;4-3-;. The predicted molar refractivity (Wildman–Crippen MR) is 166 cm³/mol. The molecule has 7 aromatic rings. The molecule has 0 spiro atoms. The van der Waals surface area contributed by atoms with Gasteiger partial charge in [-0.1, -0.05) is 84.2 Å². The van der Waals surface area contributed by atoms with Crippen molar-refractivity contribution < 1.29 is 39.0 Å². The molecule has 209 valence electrons. The average molecular weight is 727 g/mol. The summed E-state index contributed by atoms with van der Waals surface area (Å²) < 4.78 is 8.37. The molecular weight excluding hydrogens is 699 g/mol. The molecule has 2 heterocycles. The molecule has 5 heteroatoms. The molecule has 1 radical (unpaired) electrons. The topological polar surface area (TPSA) is 54.3 Å². The number of hydrogen-bond acceptors (Lipinski definition) is 3. The summed E-state index contributed by atoms with van der Waals surface area (Å²) in [4.78, 5) is 10.0. The molecule has 0 aliphatic carbocycles. The van der Waals surface area contributed by atoms with E-state index in [1.165, 1.54) is 47.2 Å². The average Bonchev–Trinajstić information content (AvgIpc) is 3.36. The van der Waals surface area contributed by atoms with Gasteiger partial charge in [-0.15, -0.1) is 18.2 Å². The zero-order chi connectivity index (χ0) is 28.5. The van der Waals surface area contributed by atoms with Crippen LogP contribution in [0.25, 0.3) is 66.0 Å². The van der Waals surface area contributed by atoms with E-state index >= 15 is 0 Å². The molecular formula is C37H28IrNO3-. The van der Waals surface area contributed by atoms with Crippen molar-refractivity contribution in [2.24, 2.45) is 0 Å². The number of pyridine rings is 1. The summed E-state index contributed by atoms with van der Waals surface area (Å²) in [7, 11) is 4.48. The number of hydrogen-bond donors (Lipinski definition) is 1. The van der Waals surface area contributed by atoms with E-state index in [0.29, 0.717) is 0 Å². The molecule has 0 aliphatic rings. The fourth-order valence-corrected chi connectivity index (χ4v) is 5.41. The second-order valence-electron chi connectivity index (χ2n) is 10.0. The smallest absolute Gasteiger partial charge is 0.155 e. The van der Waals surface area contributed by atoms with Crippen LogP contribution in [0.5, 0.6) is 0 Å². The van der Waals surface area contributed by atoms with Crippen LogP contribution in [0.2, 0.25) is 0 Å². The third-order valence-corrected chi connectivity index (χ3v) is 7.13. The normalized spacial score (nSPS) is 11.3. The summed E-state index contributed by atoms with van der Waals surface area (Å²) in [6, 6.07) is 41.3. The molecule has 0 saturated heterocycles. The number of carbonyl (C=O) groups excluding carboxylic acids is 1. The van der Waals surface area contributed by atoms with Crippen molar-refractivity contribution in [3.05, 3.63) is 134 Å². The molecule has 0 unspecified atom stereocenters. The van der Waals surface area contributed by atoms with E-state index in [0.717, 1.165) is 38.7 Å². The van der Waals surface area contributed by atoms with Crippen LogP contribution < -0.4 is 4.57 Å². The largest absolute Gasteiger partial charge is 0.512 e. The van der Waals surface area contributed by atoms with E-state index in [2.05, 4.69) is 98.0 Å². The molecule has 4 nitrogen and oxygen atoms in total. The van der Waals surface area contributed by atoms with Crippen molar-refractivity contribution in [1.29, 1.82) is 0 Å². The minimum absolute atomic E-state index is 0. The van der Waals surface area contributed by atoms with Crippen molar-refractivity contribution in [2.45, 2.75) is 13.8 Å². The van der Waals surface area contributed by atoms with Crippen molar-refractivity contribution in [3.8, 4) is 22.4 Å². The number of aliphatic hydroxyl groups excluding tert-OH is 1. The molecule has 0 bridgehead atoms. The van der Waals surface area contributed by atoms with Crippen LogP contribution in [0, 0.1) is 13.1 Å². The van der Waals surface area contributed by atoms with Gasteiger partial charge in [0.25, 0.3) is 0 Å². The zero-order valence-electron chi connectivity index (χ0n) is 23.2. The molecule has 0 fully saturated rings. The van der Waals surface area contributed by atoms with E-state index in [4.69, 9.17) is 9.52 Å². The Morgan fingerprint density at radius 1 is 0.857 bits per heavy atom. The van der Waals surface area contributed by atoms with Crippen molar-refractivity contribution in [3.63, 3.8) is 0 Å². The van der Waals surface area contributed by atoms with Crippen molar-refractivity contribution >= 4 is 49.4 Å². The van der Waals surface area contributed by atoms with Crippen LogP contribution >= 0.6 is 0 Å². The number of aromatic nitrogens is 1. The fourth-order valence-electron chi connectivity index (χ4n) is 5.41. The second-order valence-corrected chi connectivity index (χ2v) is 10.0. The molecule has 7 rings (SSSR count). The SMILES string of the molecule is CC(=O)/C=C(/C)O.[CH2-][n+]1c(-c2[c-]ccc3c2oc2ccccc23)cc(-c2ccccc2)c2c3ccccc3ccc21.[Ir]. The number of ketones is 1. The van der Waals surface area contributed by atoms with Gasteiger partial charge in [0.15, 0.2) is 5.78 Å². The van der Waals surface area contributed by atoms with E-state index in [-0.39, 0.29) is 31.6 Å². The quantitative estimate of drug-likeness (QED) is 0.0651. The number of carbonyl (C=O) groups is 1. The third-order valence-electron chi connectivity index (χ3n) is 7.13. The number of fused-ring (bicyclic) bond motifs is 6. The minimum Gasteiger partial charge on any atom is -0.512 e. The van der Waals surface area contributed by atoms with E-state index < -0.39 is 0 Å². The van der Waals surface area contributed by atoms with E-state index in [1.807, 2.05) is 28.8 Å². The molecule has 0 atom stereocenters. The number of para-hydroxylation sites is 1. The Kier molecular flexibility index (Phi) is 8.26. The van der Waals surface area contributed by atoms with Crippen LogP contribution in [0.3, 0.4) is 0 Å². The van der Waals surface area contributed by atoms with Gasteiger partial charge in [0.05, 0.1) is 11.3 Å². The molecule has 42 heavy (non-hydrogen) atoms. The van der Waals surface area contributed by atoms with Gasteiger partial charge >= 0.3 is 0 Å². The second kappa shape index (κ2) is 12.0. The number of benzene rings is 5. The first kappa shape index (κ1) is 28.8. The maximum Gasteiger partial charge on any atom is 0.155 e. The summed E-state index contributed by atoms with van der Waals surface area (Å²) in [6.07, 6.45) is 1.17. The van der Waals surface area contributed by atoms with Gasteiger partial charge in [0, 0.05) is 44.0 Å².